The van der Waals surface area contributed by atoms with Gasteiger partial charge in [0, 0.05) is 60.4 Å². The zero-order chi connectivity index (χ0) is 24.8. The van der Waals surface area contributed by atoms with Gasteiger partial charge < -0.3 is 24.6 Å². The average Bonchev–Trinajstić information content (AvgIpc) is 2.91. The molecule has 8 heteroatoms. The van der Waals surface area contributed by atoms with Crippen molar-refractivity contribution < 1.29 is 19.1 Å². The maximum atomic E-state index is 12.8. The van der Waals surface area contributed by atoms with E-state index >= 15 is 0 Å². The Labute approximate surface area is 205 Å². The van der Waals surface area contributed by atoms with E-state index in [0.717, 1.165) is 22.5 Å². The summed E-state index contributed by atoms with van der Waals surface area (Å²) in [5.41, 5.74) is 4.72. The number of piperazine rings is 1. The second-order valence-corrected chi connectivity index (χ2v) is 8.33. The lowest BCUT2D eigenvalue weighted by molar-refractivity contribution is -0.130. The van der Waals surface area contributed by atoms with Crippen LogP contribution in [0.25, 0.3) is 11.1 Å². The third-order valence-corrected chi connectivity index (χ3v) is 6.15. The lowest BCUT2D eigenvalue weighted by Crippen LogP contribution is -2.51. The van der Waals surface area contributed by atoms with Gasteiger partial charge in [0.05, 0.1) is 20.8 Å². The van der Waals surface area contributed by atoms with Gasteiger partial charge in [-0.15, -0.1) is 0 Å². The first-order valence-corrected chi connectivity index (χ1v) is 11.5. The number of aryl methyl sites for hydroxylation is 1. The minimum atomic E-state index is -0.335. The largest absolute Gasteiger partial charge is 0.493 e. The van der Waals surface area contributed by atoms with Crippen molar-refractivity contribution in [3.05, 3.63) is 72.1 Å². The van der Waals surface area contributed by atoms with Crippen LogP contribution in [-0.4, -0.2) is 68.6 Å². The number of nitrogens with zero attached hydrogens (tertiary/aromatic N) is 3. The van der Waals surface area contributed by atoms with Crippen molar-refractivity contribution >= 4 is 17.5 Å². The van der Waals surface area contributed by atoms with E-state index in [1.165, 1.54) is 14.2 Å². The first-order valence-electron chi connectivity index (χ1n) is 11.5. The van der Waals surface area contributed by atoms with Crippen LogP contribution >= 0.6 is 0 Å². The highest BCUT2D eigenvalue weighted by atomic mass is 16.5. The number of pyridine rings is 1. The third-order valence-electron chi connectivity index (χ3n) is 6.15. The molecule has 1 aliphatic heterocycles. The number of carbonyl (C=O) groups is 2. The Morgan fingerprint density at radius 2 is 1.69 bits per heavy atom. The van der Waals surface area contributed by atoms with Gasteiger partial charge in [0.1, 0.15) is 0 Å². The zero-order valence-corrected chi connectivity index (χ0v) is 20.3. The summed E-state index contributed by atoms with van der Waals surface area (Å²) >= 11 is 0. The Balaban J connectivity index is 1.34. The Hall–Kier alpha value is -4.07. The highest BCUT2D eigenvalue weighted by Gasteiger charge is 2.23. The van der Waals surface area contributed by atoms with E-state index in [1.807, 2.05) is 31.3 Å². The number of benzene rings is 2. The monoisotopic (exact) mass is 474 g/mol. The molecule has 0 atom stereocenters. The molecule has 0 spiro atoms. The maximum absolute atomic E-state index is 12.8. The molecule has 1 fully saturated rings. The smallest absolute Gasteiger partial charge is 0.251 e. The summed E-state index contributed by atoms with van der Waals surface area (Å²) in [7, 11) is 3.05. The van der Waals surface area contributed by atoms with Gasteiger partial charge in [-0.2, -0.15) is 0 Å². The van der Waals surface area contributed by atoms with E-state index in [0.29, 0.717) is 43.2 Å². The number of hydrogen-bond acceptors (Lipinski definition) is 6. The lowest BCUT2D eigenvalue weighted by atomic mass is 10.0. The summed E-state index contributed by atoms with van der Waals surface area (Å²) in [5, 5.41) is 2.72. The summed E-state index contributed by atoms with van der Waals surface area (Å²) in [6.07, 6.45) is 1.90. The number of rotatable bonds is 7. The van der Waals surface area contributed by atoms with Crippen molar-refractivity contribution in [2.45, 2.75) is 6.92 Å². The van der Waals surface area contributed by atoms with Gasteiger partial charge in [0.25, 0.3) is 5.91 Å². The molecular weight excluding hydrogens is 444 g/mol. The first-order chi connectivity index (χ1) is 17.0. The molecule has 1 aromatic heterocycles. The van der Waals surface area contributed by atoms with Gasteiger partial charge in [-0.25, -0.2) is 0 Å². The SMILES string of the molecule is COc1ccc(C(=O)NCC(=O)N2CCN(c3ccccc3-c3ccc(C)nc3)CC2)cc1OC. The minimum absolute atomic E-state index is 0.0567. The molecule has 0 unspecified atom stereocenters. The number of ether oxygens (including phenoxy) is 2. The third kappa shape index (κ3) is 5.54. The molecule has 2 heterocycles. The number of methoxy groups -OCH3 is 2. The molecule has 2 amide bonds. The van der Waals surface area contributed by atoms with Crippen LogP contribution in [0.1, 0.15) is 16.1 Å². The number of hydrogen-bond donors (Lipinski definition) is 1. The van der Waals surface area contributed by atoms with Crippen molar-refractivity contribution in [2.24, 2.45) is 0 Å². The Morgan fingerprint density at radius 1 is 0.943 bits per heavy atom. The molecule has 3 aromatic rings. The van der Waals surface area contributed by atoms with E-state index in [1.54, 1.807) is 23.1 Å². The topological polar surface area (TPSA) is 84.0 Å². The highest BCUT2D eigenvalue weighted by Crippen LogP contribution is 2.31. The second kappa shape index (κ2) is 10.9. The van der Waals surface area contributed by atoms with Crippen molar-refractivity contribution in [1.29, 1.82) is 0 Å². The van der Waals surface area contributed by atoms with Gasteiger partial charge >= 0.3 is 0 Å². The Bertz CT molecular complexity index is 1190. The predicted octanol–water partition coefficient (Wildman–Crippen LogP) is 3.15. The second-order valence-electron chi connectivity index (χ2n) is 8.33. The van der Waals surface area contributed by atoms with Crippen molar-refractivity contribution in [3.8, 4) is 22.6 Å². The number of para-hydroxylation sites is 1. The minimum Gasteiger partial charge on any atom is -0.493 e. The Morgan fingerprint density at radius 3 is 2.37 bits per heavy atom. The molecule has 0 aliphatic carbocycles. The fourth-order valence-corrected chi connectivity index (χ4v) is 4.16. The molecule has 182 valence electrons. The van der Waals surface area contributed by atoms with Crippen molar-refractivity contribution in [2.75, 3.05) is 51.8 Å². The van der Waals surface area contributed by atoms with E-state index in [4.69, 9.17) is 9.47 Å². The molecule has 0 saturated carbocycles. The normalized spacial score (nSPS) is 13.3. The lowest BCUT2D eigenvalue weighted by Gasteiger charge is -2.37. The predicted molar refractivity (Wildman–Crippen MR) is 135 cm³/mol. The van der Waals surface area contributed by atoms with Crippen LogP contribution in [0.3, 0.4) is 0 Å². The standard InChI is InChI=1S/C27H30N4O4/c1-19-8-9-21(17-28-19)22-6-4-5-7-23(22)30-12-14-31(15-13-30)26(32)18-29-27(33)20-10-11-24(34-2)25(16-20)35-3/h4-11,16-17H,12-15,18H2,1-3H3,(H,29,33). The van der Waals surface area contributed by atoms with E-state index < -0.39 is 0 Å². The maximum Gasteiger partial charge on any atom is 0.251 e. The fourth-order valence-electron chi connectivity index (χ4n) is 4.16. The number of aromatic nitrogens is 1. The Kier molecular flexibility index (Phi) is 7.50. The number of anilines is 1. The molecular formula is C27H30N4O4. The fraction of sp³-hybridized carbons (Fsp3) is 0.296. The number of nitrogens with one attached hydrogen (secondary N) is 1. The van der Waals surface area contributed by atoms with Crippen LogP contribution in [0.15, 0.2) is 60.8 Å². The molecule has 4 rings (SSSR count). The molecule has 0 bridgehead atoms. The van der Waals surface area contributed by atoms with Gasteiger partial charge in [-0.3, -0.25) is 14.6 Å². The molecule has 1 saturated heterocycles. The molecule has 0 radical (unpaired) electrons. The zero-order valence-electron chi connectivity index (χ0n) is 20.3. The van der Waals surface area contributed by atoms with Gasteiger partial charge in [0.15, 0.2) is 11.5 Å². The van der Waals surface area contributed by atoms with E-state index in [9.17, 15) is 9.59 Å². The molecule has 1 N–H and O–H groups in total. The van der Waals surface area contributed by atoms with Crippen LogP contribution < -0.4 is 19.7 Å². The van der Waals surface area contributed by atoms with Gasteiger partial charge in [-0.1, -0.05) is 24.3 Å². The number of amides is 2. The number of carbonyl (C=O) groups excluding carboxylic acids is 2. The first kappa shape index (κ1) is 24.1. The van der Waals surface area contributed by atoms with Gasteiger partial charge in [0.2, 0.25) is 5.91 Å². The summed E-state index contributed by atoms with van der Waals surface area (Å²) in [4.78, 5) is 33.8. The molecule has 8 nitrogen and oxygen atoms in total. The van der Waals surface area contributed by atoms with Crippen molar-refractivity contribution in [1.82, 2.24) is 15.2 Å². The molecule has 1 aliphatic rings. The van der Waals surface area contributed by atoms with Gasteiger partial charge in [-0.05, 0) is 37.3 Å². The van der Waals surface area contributed by atoms with Crippen molar-refractivity contribution in [3.63, 3.8) is 0 Å². The quantitative estimate of drug-likeness (QED) is 0.566. The average molecular weight is 475 g/mol. The highest BCUT2D eigenvalue weighted by molar-refractivity contribution is 5.97. The van der Waals surface area contributed by atoms with E-state index in [-0.39, 0.29) is 18.4 Å². The van der Waals surface area contributed by atoms with Crippen LogP contribution in [0.2, 0.25) is 0 Å². The van der Waals surface area contributed by atoms with E-state index in [2.05, 4.69) is 33.4 Å². The molecule has 35 heavy (non-hydrogen) atoms. The van der Waals surface area contributed by atoms with Crippen LogP contribution in [-0.2, 0) is 4.79 Å². The summed E-state index contributed by atoms with van der Waals surface area (Å²) in [5.74, 6) is 0.565. The molecule has 2 aromatic carbocycles. The summed E-state index contributed by atoms with van der Waals surface area (Å²) < 4.78 is 10.4. The van der Waals surface area contributed by atoms with Crippen LogP contribution in [0.4, 0.5) is 5.69 Å². The van der Waals surface area contributed by atoms with Crippen LogP contribution in [0.5, 0.6) is 11.5 Å². The summed E-state index contributed by atoms with van der Waals surface area (Å²) in [6.45, 7) is 4.52. The van der Waals surface area contributed by atoms with Crippen LogP contribution in [0, 0.1) is 6.92 Å². The summed E-state index contributed by atoms with van der Waals surface area (Å²) in [6, 6.07) is 17.3.